The summed E-state index contributed by atoms with van der Waals surface area (Å²) in [6.07, 6.45) is -0.534. The van der Waals surface area contributed by atoms with Crippen LogP contribution in [-0.2, 0) is 26.3 Å². The van der Waals surface area contributed by atoms with Crippen molar-refractivity contribution in [3.8, 4) is 0 Å². The van der Waals surface area contributed by atoms with Crippen LogP contribution >= 0.6 is 0 Å². The number of halogens is 5. The summed E-state index contributed by atoms with van der Waals surface area (Å²) in [6.45, 7) is 3.38. The monoisotopic (exact) mass is 786 g/mol. The van der Waals surface area contributed by atoms with Crippen molar-refractivity contribution in [3.05, 3.63) is 76.8 Å². The molecule has 4 fully saturated rings. The van der Waals surface area contributed by atoms with E-state index in [0.29, 0.717) is 30.4 Å². The standard InChI is InChI=1S/C38H43F5N8O5/c1-4-10-37(39,40)35(11-12-35)28-9-15-51(47-28)23(2)30-46-29(48-56-30)27-19-49(20-34(27)21-50(22-34)33(54)36(13-14-36)38(41,42)43)31(52)25(16-44)18-45-17-24-7-5-6-8-26(24)32(53)55-3/h5-9,15-16,18,23,27H,4,10-14,17,19-22,44H2,1-3H3/b25-16+,45-18?. The van der Waals surface area contributed by atoms with Gasteiger partial charge in [0.2, 0.25) is 5.91 Å². The molecule has 2 unspecified atom stereocenters. The number of alkyl halides is 5. The molecule has 2 aliphatic carbocycles. The fourth-order valence-electron chi connectivity index (χ4n) is 8.23. The Kier molecular flexibility index (Phi) is 9.84. The van der Waals surface area contributed by atoms with Crippen molar-refractivity contribution < 1.29 is 45.6 Å². The number of hydrogen-bond donors (Lipinski definition) is 1. The van der Waals surface area contributed by atoms with Crippen LogP contribution in [0, 0.1) is 10.8 Å². The number of carbonyl (C=O) groups excluding carboxylic acids is 3. The van der Waals surface area contributed by atoms with E-state index in [-0.39, 0.29) is 75.0 Å². The number of esters is 1. The molecule has 300 valence electrons. The maximum Gasteiger partial charge on any atom is 0.403 e. The van der Waals surface area contributed by atoms with Crippen LogP contribution in [-0.4, -0.2) is 99.1 Å². The fraction of sp³-hybridized carbons (Fsp3) is 0.553. The Labute approximate surface area is 319 Å². The summed E-state index contributed by atoms with van der Waals surface area (Å²) < 4.78 is 83.9. The number of hydrogen-bond acceptors (Lipinski definition) is 10. The van der Waals surface area contributed by atoms with E-state index in [1.807, 2.05) is 0 Å². The summed E-state index contributed by atoms with van der Waals surface area (Å²) in [5.41, 5.74) is 2.44. The number of nitrogens with zero attached hydrogens (tertiary/aromatic N) is 7. The first-order valence-electron chi connectivity index (χ1n) is 18.6. The molecule has 4 heterocycles. The predicted octanol–water partition coefficient (Wildman–Crippen LogP) is 5.34. The second-order valence-corrected chi connectivity index (χ2v) is 15.5. The first kappa shape index (κ1) is 39.1. The highest BCUT2D eigenvalue weighted by atomic mass is 19.4. The molecule has 2 aromatic heterocycles. The Balaban J connectivity index is 1.11. The van der Waals surface area contributed by atoms with Crippen LogP contribution in [0.15, 0.2) is 57.8 Å². The number of carbonyl (C=O) groups is 3. The molecule has 2 saturated carbocycles. The molecule has 0 bridgehead atoms. The molecule has 4 aliphatic rings. The van der Waals surface area contributed by atoms with E-state index in [9.17, 15) is 27.6 Å². The van der Waals surface area contributed by atoms with Crippen molar-refractivity contribution >= 4 is 24.0 Å². The first-order valence-corrected chi connectivity index (χ1v) is 18.6. The van der Waals surface area contributed by atoms with Gasteiger partial charge in [-0.15, -0.1) is 0 Å². The number of methoxy groups -OCH3 is 1. The van der Waals surface area contributed by atoms with Crippen LogP contribution in [0.5, 0.6) is 0 Å². The first-order chi connectivity index (χ1) is 26.5. The Morgan fingerprint density at radius 3 is 2.39 bits per heavy atom. The number of rotatable bonds is 13. The Morgan fingerprint density at radius 1 is 1.07 bits per heavy atom. The number of aromatic nitrogens is 4. The Bertz CT molecular complexity index is 2060. The van der Waals surface area contributed by atoms with Gasteiger partial charge < -0.3 is 24.8 Å². The highest BCUT2D eigenvalue weighted by Crippen LogP contribution is 2.61. The fourth-order valence-corrected chi connectivity index (χ4v) is 8.23. The van der Waals surface area contributed by atoms with E-state index in [1.165, 1.54) is 27.8 Å². The van der Waals surface area contributed by atoms with Crippen molar-refractivity contribution in [2.24, 2.45) is 21.6 Å². The van der Waals surface area contributed by atoms with Gasteiger partial charge in [0.1, 0.15) is 11.5 Å². The molecule has 56 heavy (non-hydrogen) atoms. The van der Waals surface area contributed by atoms with Gasteiger partial charge >= 0.3 is 12.1 Å². The number of benzene rings is 1. The van der Waals surface area contributed by atoms with Crippen LogP contribution in [0.2, 0.25) is 0 Å². The van der Waals surface area contributed by atoms with Crippen molar-refractivity contribution in [2.75, 3.05) is 33.3 Å². The third kappa shape index (κ3) is 6.53. The molecule has 0 radical (unpaired) electrons. The maximum atomic E-state index is 15.1. The summed E-state index contributed by atoms with van der Waals surface area (Å²) in [6, 6.07) is 7.61. The van der Waals surface area contributed by atoms with Gasteiger partial charge in [0, 0.05) is 56.6 Å². The summed E-state index contributed by atoms with van der Waals surface area (Å²) in [7, 11) is 1.26. The maximum absolute atomic E-state index is 15.1. The van der Waals surface area contributed by atoms with Crippen LogP contribution < -0.4 is 5.73 Å². The second-order valence-electron chi connectivity index (χ2n) is 15.5. The minimum atomic E-state index is -4.68. The van der Waals surface area contributed by atoms with E-state index in [4.69, 9.17) is 15.0 Å². The number of nitrogens with two attached hydrogens (primary N) is 1. The largest absolute Gasteiger partial charge is 0.465 e. The minimum absolute atomic E-state index is 0.0208. The zero-order valence-electron chi connectivity index (χ0n) is 31.2. The lowest BCUT2D eigenvalue weighted by molar-refractivity contribution is -0.204. The lowest BCUT2D eigenvalue weighted by Crippen LogP contribution is -2.64. The molecule has 2 aliphatic heterocycles. The van der Waals surface area contributed by atoms with E-state index in [0.717, 1.165) is 6.20 Å². The summed E-state index contributed by atoms with van der Waals surface area (Å²) in [5, 5.41) is 8.73. The van der Waals surface area contributed by atoms with Crippen LogP contribution in [0.3, 0.4) is 0 Å². The highest BCUT2D eigenvalue weighted by molar-refractivity contribution is 6.12. The number of aliphatic imine (C=N–C) groups is 1. The highest BCUT2D eigenvalue weighted by Gasteiger charge is 2.71. The van der Waals surface area contributed by atoms with Crippen molar-refractivity contribution in [2.45, 2.75) is 88.4 Å². The molecule has 2 N–H and O–H groups in total. The van der Waals surface area contributed by atoms with Gasteiger partial charge in [-0.05, 0) is 50.3 Å². The van der Waals surface area contributed by atoms with Gasteiger partial charge in [-0.1, -0.05) is 36.7 Å². The van der Waals surface area contributed by atoms with Crippen LogP contribution in [0.4, 0.5) is 22.0 Å². The molecule has 2 amide bonds. The predicted molar refractivity (Wildman–Crippen MR) is 189 cm³/mol. The normalized spacial score (nSPS) is 21.6. The zero-order chi connectivity index (χ0) is 40.3. The van der Waals surface area contributed by atoms with Crippen molar-refractivity contribution in [3.63, 3.8) is 0 Å². The molecule has 3 aromatic rings. The molecule has 2 atom stereocenters. The van der Waals surface area contributed by atoms with E-state index >= 15 is 8.78 Å². The second kappa shape index (κ2) is 14.1. The van der Waals surface area contributed by atoms with Gasteiger partial charge in [-0.2, -0.15) is 23.3 Å². The number of likely N-dealkylation sites (tertiary alicyclic amines) is 2. The molecule has 13 nitrogen and oxygen atoms in total. The molecule has 7 rings (SSSR count). The lowest BCUT2D eigenvalue weighted by atomic mass is 9.70. The third-order valence-electron chi connectivity index (χ3n) is 11.9. The molecule has 1 aromatic carbocycles. The lowest BCUT2D eigenvalue weighted by Gasteiger charge is -2.51. The Morgan fingerprint density at radius 2 is 1.77 bits per heavy atom. The third-order valence-corrected chi connectivity index (χ3v) is 11.9. The van der Waals surface area contributed by atoms with Gasteiger partial charge in [-0.25, -0.2) is 13.6 Å². The van der Waals surface area contributed by atoms with Crippen LogP contribution in [0.1, 0.15) is 97.7 Å². The molecule has 2 saturated heterocycles. The topological polar surface area (TPSA) is 162 Å². The van der Waals surface area contributed by atoms with E-state index < -0.39 is 58.1 Å². The van der Waals surface area contributed by atoms with Gasteiger partial charge in [0.25, 0.3) is 17.7 Å². The van der Waals surface area contributed by atoms with Gasteiger partial charge in [0.15, 0.2) is 5.82 Å². The zero-order valence-corrected chi connectivity index (χ0v) is 31.2. The van der Waals surface area contributed by atoms with Crippen LogP contribution in [0.25, 0.3) is 0 Å². The quantitative estimate of drug-likeness (QED) is 0.104. The van der Waals surface area contributed by atoms with Crippen molar-refractivity contribution in [1.29, 1.82) is 0 Å². The van der Waals surface area contributed by atoms with E-state index in [1.54, 1.807) is 50.4 Å². The minimum Gasteiger partial charge on any atom is -0.465 e. The van der Waals surface area contributed by atoms with Gasteiger partial charge in [0.05, 0.1) is 41.8 Å². The average molecular weight is 787 g/mol. The molecule has 18 heteroatoms. The van der Waals surface area contributed by atoms with Crippen molar-refractivity contribution in [1.82, 2.24) is 29.7 Å². The van der Waals surface area contributed by atoms with E-state index in [2.05, 4.69) is 20.2 Å². The van der Waals surface area contributed by atoms with Gasteiger partial charge in [-0.3, -0.25) is 19.3 Å². The molecule has 1 spiro atoms. The summed E-state index contributed by atoms with van der Waals surface area (Å²) in [4.78, 5) is 50.9. The summed E-state index contributed by atoms with van der Waals surface area (Å²) in [5.74, 6) is -5.32. The smallest absolute Gasteiger partial charge is 0.403 e. The number of ether oxygens (including phenoxy) is 1. The SMILES string of the molecule is CCCC(F)(F)C1(c2ccn(C(C)c3nc(C4CN(C(=O)/C(C=NCc5ccccc5C(=O)OC)=C/N)CC45CN(C(=O)C4(C(F)(F)F)CC4)C5)no3)n2)CC1. The number of amides is 2. The average Bonchev–Trinajstić information content (AvgIpc) is 3.99. The molecular weight excluding hydrogens is 743 g/mol. The Hall–Kier alpha value is -5.16. The molecular formula is C38H43F5N8O5. The summed E-state index contributed by atoms with van der Waals surface area (Å²) >= 11 is 0.